The molecular formula is C12H16BrN. The summed E-state index contributed by atoms with van der Waals surface area (Å²) < 4.78 is 1.17. The smallest absolute Gasteiger partial charge is 0.0305 e. The first-order valence-electron chi connectivity index (χ1n) is 4.84. The Hall–Kier alpha value is -0.600. The van der Waals surface area contributed by atoms with Crippen LogP contribution in [0.15, 0.2) is 40.9 Å². The van der Waals surface area contributed by atoms with E-state index in [1.807, 2.05) is 13.0 Å². The molecule has 0 saturated carbocycles. The molecule has 0 radical (unpaired) electrons. The van der Waals surface area contributed by atoms with Gasteiger partial charge in [0.25, 0.3) is 0 Å². The van der Waals surface area contributed by atoms with Crippen LogP contribution in [0.2, 0.25) is 0 Å². The van der Waals surface area contributed by atoms with Gasteiger partial charge in [-0.25, -0.2) is 0 Å². The maximum absolute atomic E-state index is 3.55. The summed E-state index contributed by atoms with van der Waals surface area (Å²) in [6.07, 6.45) is 4.17. The summed E-state index contributed by atoms with van der Waals surface area (Å²) >= 11 is 3.55. The highest BCUT2D eigenvalue weighted by Gasteiger charge is 2.06. The molecule has 1 rings (SSSR count). The highest BCUT2D eigenvalue weighted by atomic mass is 79.9. The van der Waals surface area contributed by atoms with E-state index in [0.717, 1.165) is 6.54 Å². The maximum Gasteiger partial charge on any atom is 0.0305 e. The number of hydrogen-bond donors (Lipinski definition) is 1. The van der Waals surface area contributed by atoms with Gasteiger partial charge in [-0.1, -0.05) is 46.3 Å². The van der Waals surface area contributed by atoms with Gasteiger partial charge in [0.2, 0.25) is 0 Å². The third-order valence-corrected chi connectivity index (χ3v) is 2.87. The van der Waals surface area contributed by atoms with E-state index in [4.69, 9.17) is 0 Å². The fraction of sp³-hybridized carbons (Fsp3) is 0.333. The third-order valence-electron chi connectivity index (χ3n) is 2.15. The lowest BCUT2D eigenvalue weighted by Gasteiger charge is -2.14. The van der Waals surface area contributed by atoms with Gasteiger partial charge in [-0.15, -0.1) is 0 Å². The topological polar surface area (TPSA) is 12.0 Å². The van der Waals surface area contributed by atoms with Gasteiger partial charge in [0.05, 0.1) is 0 Å². The number of allylic oxidation sites excluding steroid dienone is 1. The second kappa shape index (κ2) is 5.99. The molecule has 0 spiro atoms. The predicted octanol–water partition coefficient (Wildman–Crippen LogP) is 3.68. The van der Waals surface area contributed by atoms with Gasteiger partial charge in [-0.2, -0.15) is 0 Å². The molecule has 0 bridgehead atoms. The molecule has 1 atom stereocenters. The van der Waals surface area contributed by atoms with Crippen molar-refractivity contribution >= 4 is 15.9 Å². The van der Waals surface area contributed by atoms with Crippen molar-refractivity contribution in [1.82, 2.24) is 5.32 Å². The molecule has 0 unspecified atom stereocenters. The van der Waals surface area contributed by atoms with Gasteiger partial charge in [0, 0.05) is 17.1 Å². The van der Waals surface area contributed by atoms with Crippen LogP contribution in [-0.4, -0.2) is 6.54 Å². The zero-order valence-electron chi connectivity index (χ0n) is 8.63. The number of rotatable bonds is 4. The lowest BCUT2D eigenvalue weighted by atomic mass is 10.1. The molecule has 1 aromatic rings. The number of hydrogen-bond acceptors (Lipinski definition) is 1. The average Bonchev–Trinajstić information content (AvgIpc) is 2.18. The van der Waals surface area contributed by atoms with E-state index in [1.54, 1.807) is 0 Å². The molecular weight excluding hydrogens is 238 g/mol. The van der Waals surface area contributed by atoms with Crippen LogP contribution in [-0.2, 0) is 0 Å². The first kappa shape index (κ1) is 11.5. The monoisotopic (exact) mass is 253 g/mol. The fourth-order valence-corrected chi connectivity index (χ4v) is 1.93. The van der Waals surface area contributed by atoms with Gasteiger partial charge in [-0.05, 0) is 25.5 Å². The molecule has 0 fully saturated rings. The summed E-state index contributed by atoms with van der Waals surface area (Å²) in [4.78, 5) is 0. The van der Waals surface area contributed by atoms with Gasteiger partial charge < -0.3 is 5.32 Å². The first-order chi connectivity index (χ1) is 6.75. The minimum atomic E-state index is 0.377. The minimum absolute atomic E-state index is 0.377. The summed E-state index contributed by atoms with van der Waals surface area (Å²) in [5.74, 6) is 0. The fourth-order valence-electron chi connectivity index (χ4n) is 1.30. The van der Waals surface area contributed by atoms with Crippen LogP contribution in [0.25, 0.3) is 0 Å². The van der Waals surface area contributed by atoms with Crippen molar-refractivity contribution in [3.63, 3.8) is 0 Å². The molecule has 0 aliphatic heterocycles. The Morgan fingerprint density at radius 3 is 2.79 bits per heavy atom. The Balaban J connectivity index is 2.60. The van der Waals surface area contributed by atoms with E-state index >= 15 is 0 Å². The van der Waals surface area contributed by atoms with E-state index in [-0.39, 0.29) is 0 Å². The molecule has 0 aliphatic carbocycles. The van der Waals surface area contributed by atoms with Crippen molar-refractivity contribution in [2.75, 3.05) is 6.54 Å². The molecule has 0 aromatic heterocycles. The molecule has 76 valence electrons. The standard InChI is InChI=1S/C12H16BrN/c1-3-4-9-14-10(2)11-7-5-6-8-12(11)13/h3-8,10,14H,9H2,1-2H3/b4-3+/t10-/m0/s1. The van der Waals surface area contributed by atoms with Crippen LogP contribution in [0.4, 0.5) is 0 Å². The quantitative estimate of drug-likeness (QED) is 0.808. The molecule has 14 heavy (non-hydrogen) atoms. The van der Waals surface area contributed by atoms with Gasteiger partial charge in [0.1, 0.15) is 0 Å². The third kappa shape index (κ3) is 3.28. The van der Waals surface area contributed by atoms with E-state index < -0.39 is 0 Å². The lowest BCUT2D eigenvalue weighted by molar-refractivity contribution is 0.615. The summed E-state index contributed by atoms with van der Waals surface area (Å²) in [6.45, 7) is 5.12. The SMILES string of the molecule is C/C=C/CN[C@@H](C)c1ccccc1Br. The van der Waals surface area contributed by atoms with Crippen LogP contribution in [0.5, 0.6) is 0 Å². The van der Waals surface area contributed by atoms with Gasteiger partial charge in [-0.3, -0.25) is 0 Å². The molecule has 1 nitrogen and oxygen atoms in total. The Morgan fingerprint density at radius 1 is 1.43 bits per heavy atom. The average molecular weight is 254 g/mol. The van der Waals surface area contributed by atoms with Crippen LogP contribution in [0, 0.1) is 0 Å². The van der Waals surface area contributed by atoms with E-state index in [1.165, 1.54) is 10.0 Å². The number of nitrogens with one attached hydrogen (secondary N) is 1. The van der Waals surface area contributed by atoms with Crippen LogP contribution in [0.1, 0.15) is 25.5 Å². The van der Waals surface area contributed by atoms with Crippen molar-refractivity contribution in [2.45, 2.75) is 19.9 Å². The van der Waals surface area contributed by atoms with Crippen LogP contribution in [0.3, 0.4) is 0 Å². The van der Waals surface area contributed by atoms with Gasteiger partial charge in [0.15, 0.2) is 0 Å². The van der Waals surface area contributed by atoms with Crippen molar-refractivity contribution in [2.24, 2.45) is 0 Å². The second-order valence-electron chi connectivity index (χ2n) is 3.22. The zero-order chi connectivity index (χ0) is 10.4. The van der Waals surface area contributed by atoms with Crippen LogP contribution < -0.4 is 5.32 Å². The molecule has 0 aliphatic rings. The van der Waals surface area contributed by atoms with Crippen molar-refractivity contribution in [3.8, 4) is 0 Å². The van der Waals surface area contributed by atoms with E-state index in [9.17, 15) is 0 Å². The summed E-state index contributed by atoms with van der Waals surface area (Å²) in [6, 6.07) is 8.68. The Kier molecular flexibility index (Phi) is 4.91. The second-order valence-corrected chi connectivity index (χ2v) is 4.07. The molecule has 2 heteroatoms. The Bertz CT molecular complexity index is 307. The van der Waals surface area contributed by atoms with Crippen LogP contribution >= 0.6 is 15.9 Å². The lowest BCUT2D eigenvalue weighted by Crippen LogP contribution is -2.18. The Morgan fingerprint density at radius 2 is 2.14 bits per heavy atom. The van der Waals surface area contributed by atoms with Crippen molar-refractivity contribution < 1.29 is 0 Å². The largest absolute Gasteiger partial charge is 0.307 e. The summed E-state index contributed by atoms with van der Waals surface area (Å²) in [5, 5.41) is 3.42. The minimum Gasteiger partial charge on any atom is -0.307 e. The van der Waals surface area contributed by atoms with Crippen molar-refractivity contribution in [3.05, 3.63) is 46.5 Å². The summed E-state index contributed by atoms with van der Waals surface area (Å²) in [5.41, 5.74) is 1.30. The molecule has 0 saturated heterocycles. The number of halogens is 1. The molecule has 1 aromatic carbocycles. The highest BCUT2D eigenvalue weighted by molar-refractivity contribution is 9.10. The molecule has 1 N–H and O–H groups in total. The molecule has 0 heterocycles. The highest BCUT2D eigenvalue weighted by Crippen LogP contribution is 2.22. The first-order valence-corrected chi connectivity index (χ1v) is 5.64. The van der Waals surface area contributed by atoms with Crippen molar-refractivity contribution in [1.29, 1.82) is 0 Å². The van der Waals surface area contributed by atoms with Gasteiger partial charge >= 0.3 is 0 Å². The number of benzene rings is 1. The normalized spacial score (nSPS) is 13.4. The predicted molar refractivity (Wildman–Crippen MR) is 65.4 cm³/mol. The maximum atomic E-state index is 3.55. The van der Waals surface area contributed by atoms with E-state index in [0.29, 0.717) is 6.04 Å². The Labute approximate surface area is 94.3 Å². The summed E-state index contributed by atoms with van der Waals surface area (Å²) in [7, 11) is 0. The molecule has 0 amide bonds. The van der Waals surface area contributed by atoms with E-state index in [2.05, 4.69) is 58.5 Å². The zero-order valence-corrected chi connectivity index (χ0v) is 10.2.